The van der Waals surface area contributed by atoms with Gasteiger partial charge in [0.25, 0.3) is 11.6 Å². The second-order valence-electron chi connectivity index (χ2n) is 6.09. The van der Waals surface area contributed by atoms with E-state index in [0.29, 0.717) is 17.3 Å². The molecule has 0 spiro atoms. The molecule has 8 heteroatoms. The van der Waals surface area contributed by atoms with Crippen molar-refractivity contribution in [2.75, 3.05) is 0 Å². The van der Waals surface area contributed by atoms with E-state index in [1.54, 1.807) is 12.1 Å². The van der Waals surface area contributed by atoms with Crippen molar-refractivity contribution in [1.82, 2.24) is 5.01 Å². The second-order valence-corrected chi connectivity index (χ2v) is 7.01. The van der Waals surface area contributed by atoms with Crippen LogP contribution in [0.25, 0.3) is 0 Å². The molecule has 1 atom stereocenters. The van der Waals surface area contributed by atoms with Gasteiger partial charge in [-0.1, -0.05) is 42.1 Å². The van der Waals surface area contributed by atoms with Gasteiger partial charge in [0.2, 0.25) is 0 Å². The summed E-state index contributed by atoms with van der Waals surface area (Å²) in [5, 5.41) is 14.2. The number of alkyl halides is 3. The van der Waals surface area contributed by atoms with Crippen LogP contribution in [0.4, 0.5) is 13.2 Å². The third-order valence-electron chi connectivity index (χ3n) is 4.10. The average molecular weight is 421 g/mol. The summed E-state index contributed by atoms with van der Waals surface area (Å²) < 4.78 is 41.0. The number of hydrogen-bond donors (Lipinski definition) is 1. The highest BCUT2D eigenvalue weighted by molar-refractivity contribution is 9.10. The van der Waals surface area contributed by atoms with Gasteiger partial charge in [-0.05, 0) is 37.1 Å². The Bertz CT molecular complexity index is 646. The number of benzene rings is 1. The van der Waals surface area contributed by atoms with Crippen molar-refractivity contribution in [2.24, 2.45) is 5.10 Å². The highest BCUT2D eigenvalue weighted by Crippen LogP contribution is 2.41. The average Bonchev–Trinajstić information content (AvgIpc) is 2.89. The number of hydrazone groups is 1. The highest BCUT2D eigenvalue weighted by Gasteiger charge is 2.63. The van der Waals surface area contributed by atoms with Crippen LogP contribution in [0.2, 0.25) is 0 Å². The van der Waals surface area contributed by atoms with Crippen LogP contribution in [0.5, 0.6) is 0 Å². The molecule has 1 aromatic rings. The summed E-state index contributed by atoms with van der Waals surface area (Å²) in [6.45, 7) is 2.04. The van der Waals surface area contributed by atoms with Gasteiger partial charge in [-0.15, -0.1) is 0 Å². The smallest absolute Gasteiger partial charge is 0.362 e. The van der Waals surface area contributed by atoms with Crippen LogP contribution >= 0.6 is 15.9 Å². The van der Waals surface area contributed by atoms with Crippen molar-refractivity contribution >= 4 is 27.5 Å². The molecule has 1 aliphatic heterocycles. The first-order chi connectivity index (χ1) is 11.7. The molecular formula is C17H20BrF3N2O2. The molecule has 1 amide bonds. The molecule has 1 unspecified atom stereocenters. The molecule has 0 radical (unpaired) electrons. The fourth-order valence-electron chi connectivity index (χ4n) is 2.66. The van der Waals surface area contributed by atoms with Gasteiger partial charge in [0, 0.05) is 22.2 Å². The lowest BCUT2D eigenvalue weighted by Crippen LogP contribution is -2.56. The summed E-state index contributed by atoms with van der Waals surface area (Å²) in [5.74, 6) is -0.976. The Balaban J connectivity index is 2.24. The summed E-state index contributed by atoms with van der Waals surface area (Å²) in [6.07, 6.45) is -1.81. The number of nitrogens with zero attached hydrogens (tertiary/aromatic N) is 2. The topological polar surface area (TPSA) is 52.9 Å². The fraction of sp³-hybridized carbons (Fsp3) is 0.529. The number of halogens is 4. The van der Waals surface area contributed by atoms with Crippen molar-refractivity contribution in [3.8, 4) is 0 Å². The molecular weight excluding hydrogens is 401 g/mol. The van der Waals surface area contributed by atoms with E-state index in [0.717, 1.165) is 19.3 Å². The number of aliphatic hydroxyl groups is 1. The molecule has 25 heavy (non-hydrogen) atoms. The van der Waals surface area contributed by atoms with Crippen LogP contribution in [-0.4, -0.2) is 33.6 Å². The first-order valence-corrected chi connectivity index (χ1v) is 8.94. The van der Waals surface area contributed by atoms with E-state index in [-0.39, 0.29) is 16.3 Å². The Morgan fingerprint density at radius 1 is 1.28 bits per heavy atom. The maximum absolute atomic E-state index is 13.4. The normalized spacial score (nSPS) is 20.7. The Labute approximate surface area is 152 Å². The minimum absolute atomic E-state index is 0.0295. The summed E-state index contributed by atoms with van der Waals surface area (Å²) in [4.78, 5) is 12.5. The largest absolute Gasteiger partial charge is 0.438 e. The van der Waals surface area contributed by atoms with Crippen molar-refractivity contribution in [1.29, 1.82) is 0 Å². The summed E-state index contributed by atoms with van der Waals surface area (Å²) in [6, 6.07) is 5.87. The standard InChI is InChI=1S/C17H20BrF3N2O2/c1-2-3-4-5-6-14-11-16(25,17(19,20)21)23(22-14)15(24)12-7-9-13(18)10-8-12/h7-10,25H,2-6,11H2,1H3. The van der Waals surface area contributed by atoms with Gasteiger partial charge >= 0.3 is 6.18 Å². The Kier molecular flexibility index (Phi) is 6.26. The molecule has 2 rings (SSSR count). The molecule has 0 saturated carbocycles. The van der Waals surface area contributed by atoms with E-state index < -0.39 is 24.2 Å². The SMILES string of the molecule is CCCCCCC1=NN(C(=O)c2ccc(Br)cc2)C(O)(C(F)(F)F)C1. The molecule has 0 bridgehead atoms. The van der Waals surface area contributed by atoms with E-state index in [9.17, 15) is 23.1 Å². The lowest BCUT2D eigenvalue weighted by Gasteiger charge is -2.32. The number of rotatable bonds is 6. The Morgan fingerprint density at radius 3 is 2.48 bits per heavy atom. The lowest BCUT2D eigenvalue weighted by atomic mass is 10.0. The van der Waals surface area contributed by atoms with Crippen LogP contribution in [0, 0.1) is 0 Å². The molecule has 0 aliphatic carbocycles. The number of carbonyl (C=O) groups is 1. The molecule has 4 nitrogen and oxygen atoms in total. The first-order valence-electron chi connectivity index (χ1n) is 8.14. The van der Waals surface area contributed by atoms with E-state index in [2.05, 4.69) is 21.0 Å². The third-order valence-corrected chi connectivity index (χ3v) is 4.63. The summed E-state index contributed by atoms with van der Waals surface area (Å²) in [5.41, 5.74) is -3.07. The fourth-order valence-corrected chi connectivity index (χ4v) is 2.93. The molecule has 1 heterocycles. The van der Waals surface area contributed by atoms with Gasteiger partial charge in [-0.25, -0.2) is 0 Å². The zero-order valence-corrected chi connectivity index (χ0v) is 15.4. The first kappa shape index (κ1) is 19.9. The monoisotopic (exact) mass is 420 g/mol. The van der Waals surface area contributed by atoms with Crippen LogP contribution < -0.4 is 0 Å². The Morgan fingerprint density at radius 2 is 1.92 bits per heavy atom. The van der Waals surface area contributed by atoms with Crippen molar-refractivity contribution < 1.29 is 23.1 Å². The van der Waals surface area contributed by atoms with E-state index >= 15 is 0 Å². The Hall–Kier alpha value is -1.41. The minimum Gasteiger partial charge on any atom is -0.362 e. The van der Waals surface area contributed by atoms with Gasteiger partial charge in [-0.2, -0.15) is 23.3 Å². The summed E-state index contributed by atoms with van der Waals surface area (Å²) >= 11 is 3.20. The number of amides is 1. The van der Waals surface area contributed by atoms with Crippen molar-refractivity contribution in [3.05, 3.63) is 34.3 Å². The maximum Gasteiger partial charge on any atom is 0.438 e. The third kappa shape index (κ3) is 4.41. The van der Waals surface area contributed by atoms with Gasteiger partial charge < -0.3 is 5.11 Å². The van der Waals surface area contributed by atoms with E-state index in [1.165, 1.54) is 12.1 Å². The van der Waals surface area contributed by atoms with Crippen LogP contribution in [0.1, 0.15) is 55.8 Å². The van der Waals surface area contributed by atoms with Gasteiger partial charge in [0.05, 0.1) is 0 Å². The van der Waals surface area contributed by atoms with E-state index in [4.69, 9.17) is 0 Å². The molecule has 0 saturated heterocycles. The predicted octanol–water partition coefficient (Wildman–Crippen LogP) is 4.87. The van der Waals surface area contributed by atoms with Crippen LogP contribution in [-0.2, 0) is 0 Å². The lowest BCUT2D eigenvalue weighted by molar-refractivity contribution is -0.297. The van der Waals surface area contributed by atoms with Gasteiger partial charge in [0.1, 0.15) is 0 Å². The van der Waals surface area contributed by atoms with Crippen molar-refractivity contribution in [2.45, 2.75) is 57.3 Å². The molecule has 1 aliphatic rings. The zero-order valence-electron chi connectivity index (χ0n) is 13.8. The summed E-state index contributed by atoms with van der Waals surface area (Å²) in [7, 11) is 0. The zero-order chi connectivity index (χ0) is 18.7. The van der Waals surface area contributed by atoms with Crippen LogP contribution in [0.15, 0.2) is 33.8 Å². The van der Waals surface area contributed by atoms with Gasteiger partial charge in [0.15, 0.2) is 0 Å². The molecule has 138 valence electrons. The predicted molar refractivity (Wildman–Crippen MR) is 92.1 cm³/mol. The van der Waals surface area contributed by atoms with E-state index in [1.807, 2.05) is 6.92 Å². The molecule has 0 fully saturated rings. The quantitative estimate of drug-likeness (QED) is 0.667. The van der Waals surface area contributed by atoms with Crippen LogP contribution in [0.3, 0.4) is 0 Å². The number of carbonyl (C=O) groups excluding carboxylic acids is 1. The molecule has 1 aromatic carbocycles. The second kappa shape index (κ2) is 7.86. The minimum atomic E-state index is -4.99. The number of unbranched alkanes of at least 4 members (excludes halogenated alkanes) is 3. The highest BCUT2D eigenvalue weighted by atomic mass is 79.9. The number of hydrogen-bond acceptors (Lipinski definition) is 3. The van der Waals surface area contributed by atoms with Gasteiger partial charge in [-0.3, -0.25) is 4.79 Å². The molecule has 1 N–H and O–H groups in total. The van der Waals surface area contributed by atoms with Crippen molar-refractivity contribution in [3.63, 3.8) is 0 Å². The maximum atomic E-state index is 13.4. The molecule has 0 aromatic heterocycles.